The lowest BCUT2D eigenvalue weighted by Crippen LogP contribution is -2.41. The maximum Gasteiger partial charge on any atom is 0.136 e. The minimum atomic E-state index is -0.685. The van der Waals surface area contributed by atoms with Crippen LogP contribution in [0.15, 0.2) is 0 Å². The van der Waals surface area contributed by atoms with Crippen LogP contribution in [-0.4, -0.2) is 20.5 Å². The van der Waals surface area contributed by atoms with Crippen molar-refractivity contribution in [3.8, 4) is 6.07 Å². The van der Waals surface area contributed by atoms with Crippen LogP contribution >= 0.6 is 0 Å². The molecule has 0 aromatic rings. The Bertz CT molecular complexity index is 345. The van der Waals surface area contributed by atoms with Gasteiger partial charge in [0.05, 0.1) is 6.07 Å². The van der Waals surface area contributed by atoms with Gasteiger partial charge in [-0.15, -0.1) is 0 Å². The summed E-state index contributed by atoms with van der Waals surface area (Å²) in [7, 11) is -0.685. The first kappa shape index (κ1) is 12.8. The number of hydrogen-bond donors (Lipinski definition) is 0. The summed E-state index contributed by atoms with van der Waals surface area (Å²) in [5.74, 6) is 0.426. The van der Waals surface area contributed by atoms with Crippen LogP contribution < -0.4 is 0 Å². The quantitative estimate of drug-likeness (QED) is 0.722. The molecule has 2 aliphatic rings. The van der Waals surface area contributed by atoms with E-state index in [0.717, 1.165) is 25.7 Å². The second kappa shape index (κ2) is 5.77. The van der Waals surface area contributed by atoms with E-state index in [1.807, 2.05) is 0 Å². The number of Topliss-reactive ketones (excluding diaryl/α,β-unsaturated/α-hetero) is 1. The van der Waals surface area contributed by atoms with E-state index in [9.17, 15) is 9.00 Å². The number of carbonyl (C=O) groups excluding carboxylic acids is 1. The zero-order valence-corrected chi connectivity index (χ0v) is 10.9. The SMILES string of the molecule is N#CCCCC(=O)C1CC2CCCC(C1)S2=O. The number of nitrogens with zero attached hydrogens (tertiary/aromatic N) is 1. The van der Waals surface area contributed by atoms with Gasteiger partial charge in [0.2, 0.25) is 0 Å². The normalized spacial score (nSPS) is 36.2. The Morgan fingerprint density at radius 3 is 2.53 bits per heavy atom. The average molecular weight is 253 g/mol. The van der Waals surface area contributed by atoms with Crippen molar-refractivity contribution in [1.29, 1.82) is 5.26 Å². The first-order valence-electron chi connectivity index (χ1n) is 6.51. The predicted octanol–water partition coefficient (Wildman–Crippen LogP) is 2.33. The summed E-state index contributed by atoms with van der Waals surface area (Å²) in [5, 5.41) is 9.00. The molecule has 2 saturated heterocycles. The molecule has 3 nitrogen and oxygen atoms in total. The van der Waals surface area contributed by atoms with Crippen LogP contribution in [0.3, 0.4) is 0 Å². The fraction of sp³-hybridized carbons (Fsp3) is 0.846. The minimum absolute atomic E-state index is 0.127. The molecule has 4 heteroatoms. The number of fused-ring (bicyclic) bond motifs is 2. The van der Waals surface area contributed by atoms with Gasteiger partial charge in [-0.05, 0) is 32.1 Å². The smallest absolute Gasteiger partial charge is 0.136 e. The number of ketones is 1. The van der Waals surface area contributed by atoms with Crippen molar-refractivity contribution in [3.63, 3.8) is 0 Å². The summed E-state index contributed by atoms with van der Waals surface area (Å²) in [6.45, 7) is 0. The van der Waals surface area contributed by atoms with Crippen molar-refractivity contribution in [2.45, 2.75) is 61.9 Å². The number of hydrogen-bond acceptors (Lipinski definition) is 3. The van der Waals surface area contributed by atoms with Gasteiger partial charge in [-0.25, -0.2) is 0 Å². The summed E-state index contributed by atoms with van der Waals surface area (Å²) in [6, 6.07) is 2.07. The molecule has 0 aromatic carbocycles. The fourth-order valence-corrected chi connectivity index (χ4v) is 5.23. The molecule has 0 radical (unpaired) electrons. The molecular formula is C13H19NO2S. The summed E-state index contributed by atoms with van der Waals surface area (Å²) in [4.78, 5) is 12.0. The van der Waals surface area contributed by atoms with E-state index in [-0.39, 0.29) is 16.4 Å². The number of nitriles is 1. The number of rotatable bonds is 4. The molecule has 17 heavy (non-hydrogen) atoms. The van der Waals surface area contributed by atoms with Gasteiger partial charge in [-0.2, -0.15) is 5.26 Å². The van der Waals surface area contributed by atoms with Gasteiger partial charge in [0.15, 0.2) is 0 Å². The summed E-state index contributed by atoms with van der Waals surface area (Å²) < 4.78 is 12.0. The first-order valence-corrected chi connectivity index (χ1v) is 7.79. The molecule has 0 spiro atoms. The lowest BCUT2D eigenvalue weighted by Gasteiger charge is -2.37. The maximum atomic E-state index is 12.0. The van der Waals surface area contributed by atoms with Crippen LogP contribution in [0.5, 0.6) is 0 Å². The molecule has 2 heterocycles. The van der Waals surface area contributed by atoms with Crippen molar-refractivity contribution in [2.75, 3.05) is 0 Å². The van der Waals surface area contributed by atoms with E-state index in [0.29, 0.717) is 25.0 Å². The molecule has 94 valence electrons. The molecule has 2 fully saturated rings. The lowest BCUT2D eigenvalue weighted by molar-refractivity contribution is -0.123. The highest BCUT2D eigenvalue weighted by Gasteiger charge is 2.39. The maximum absolute atomic E-state index is 12.0. The third-order valence-electron chi connectivity index (χ3n) is 3.97. The molecule has 0 aromatic heterocycles. The van der Waals surface area contributed by atoms with Crippen LogP contribution in [0.1, 0.15) is 51.4 Å². The Morgan fingerprint density at radius 2 is 1.94 bits per heavy atom. The monoisotopic (exact) mass is 253 g/mol. The lowest BCUT2D eigenvalue weighted by atomic mass is 9.85. The molecule has 2 atom stereocenters. The predicted molar refractivity (Wildman–Crippen MR) is 66.8 cm³/mol. The Balaban J connectivity index is 1.89. The van der Waals surface area contributed by atoms with Crippen molar-refractivity contribution in [2.24, 2.45) is 5.92 Å². The molecule has 0 saturated carbocycles. The summed E-state index contributed by atoms with van der Waals surface area (Å²) >= 11 is 0. The highest BCUT2D eigenvalue weighted by atomic mass is 32.2. The third kappa shape index (κ3) is 2.95. The second-order valence-corrected chi connectivity index (χ2v) is 7.14. The average Bonchev–Trinajstić information content (AvgIpc) is 2.28. The third-order valence-corrected chi connectivity index (χ3v) is 6.14. The van der Waals surface area contributed by atoms with E-state index in [2.05, 4.69) is 6.07 Å². The van der Waals surface area contributed by atoms with Crippen LogP contribution in [0.4, 0.5) is 0 Å². The molecule has 0 N–H and O–H groups in total. The van der Waals surface area contributed by atoms with Gasteiger partial charge in [0.1, 0.15) is 5.78 Å². The fourth-order valence-electron chi connectivity index (χ4n) is 3.04. The van der Waals surface area contributed by atoms with Crippen molar-refractivity contribution in [3.05, 3.63) is 0 Å². The van der Waals surface area contributed by atoms with E-state index in [1.165, 1.54) is 6.42 Å². The van der Waals surface area contributed by atoms with Crippen molar-refractivity contribution in [1.82, 2.24) is 0 Å². The van der Waals surface area contributed by atoms with Gasteiger partial charge >= 0.3 is 0 Å². The molecule has 2 rings (SSSR count). The van der Waals surface area contributed by atoms with Gasteiger partial charge in [0.25, 0.3) is 0 Å². The van der Waals surface area contributed by atoms with Crippen LogP contribution in [0.2, 0.25) is 0 Å². The Hall–Kier alpha value is -0.690. The van der Waals surface area contributed by atoms with E-state index < -0.39 is 10.8 Å². The molecule has 2 aliphatic heterocycles. The number of carbonyl (C=O) groups is 1. The largest absolute Gasteiger partial charge is 0.299 e. The summed E-state index contributed by atoms with van der Waals surface area (Å²) in [6.07, 6.45) is 6.58. The van der Waals surface area contributed by atoms with Gasteiger partial charge < -0.3 is 0 Å². The highest BCUT2D eigenvalue weighted by Crippen LogP contribution is 2.37. The van der Waals surface area contributed by atoms with Crippen molar-refractivity contribution >= 4 is 16.6 Å². The Kier molecular flexibility index (Phi) is 4.33. The van der Waals surface area contributed by atoms with E-state index >= 15 is 0 Å². The number of unbranched alkanes of at least 4 members (excludes halogenated alkanes) is 1. The van der Waals surface area contributed by atoms with Crippen LogP contribution in [-0.2, 0) is 15.6 Å². The zero-order valence-electron chi connectivity index (χ0n) is 10.1. The first-order chi connectivity index (χ1) is 8.22. The van der Waals surface area contributed by atoms with Gasteiger partial charge in [-0.3, -0.25) is 9.00 Å². The molecule has 0 aliphatic carbocycles. The van der Waals surface area contributed by atoms with Crippen LogP contribution in [0, 0.1) is 17.2 Å². The minimum Gasteiger partial charge on any atom is -0.299 e. The molecular weight excluding hydrogens is 234 g/mol. The van der Waals surface area contributed by atoms with Crippen molar-refractivity contribution < 1.29 is 9.00 Å². The van der Waals surface area contributed by atoms with Gasteiger partial charge in [0, 0.05) is 40.1 Å². The molecule has 2 bridgehead atoms. The molecule has 2 unspecified atom stereocenters. The topological polar surface area (TPSA) is 57.9 Å². The molecule has 0 amide bonds. The Morgan fingerprint density at radius 1 is 1.29 bits per heavy atom. The standard InChI is InChI=1S/C13H19NO2S/c14-7-2-1-6-13(15)10-8-11-4-3-5-12(9-10)17(11)16/h10-12H,1-6,8-9H2. The Labute approximate surface area is 105 Å². The van der Waals surface area contributed by atoms with E-state index in [4.69, 9.17) is 5.26 Å². The van der Waals surface area contributed by atoms with Crippen LogP contribution in [0.25, 0.3) is 0 Å². The summed E-state index contributed by atoms with van der Waals surface area (Å²) in [5.41, 5.74) is 0. The van der Waals surface area contributed by atoms with Gasteiger partial charge in [-0.1, -0.05) is 6.42 Å². The van der Waals surface area contributed by atoms with E-state index in [1.54, 1.807) is 0 Å². The second-order valence-electron chi connectivity index (χ2n) is 5.15. The zero-order chi connectivity index (χ0) is 12.3. The highest BCUT2D eigenvalue weighted by molar-refractivity contribution is 7.86.